The van der Waals surface area contributed by atoms with Crippen molar-refractivity contribution in [3.8, 4) is 0 Å². The summed E-state index contributed by atoms with van der Waals surface area (Å²) >= 11 is 0. The SMILES string of the molecule is Fc1c(F)c(F)c(N[Si](Nc2c(F)c(F)c(F)c(F)c2F)(c2ccccc2)c2ccccc2)c(F)c1F. The van der Waals surface area contributed by atoms with Gasteiger partial charge in [-0.25, -0.2) is 43.9 Å². The molecule has 2 nitrogen and oxygen atoms in total. The number of nitrogens with one attached hydrogen (secondary N) is 2. The summed E-state index contributed by atoms with van der Waals surface area (Å²) in [7, 11) is -4.65. The van der Waals surface area contributed by atoms with E-state index in [-0.39, 0.29) is 10.4 Å². The van der Waals surface area contributed by atoms with Crippen LogP contribution < -0.4 is 20.3 Å². The second-order valence-corrected chi connectivity index (χ2v) is 10.8. The molecule has 4 aromatic rings. The summed E-state index contributed by atoms with van der Waals surface area (Å²) in [5.41, 5.74) is -3.15. The Hall–Kier alpha value is -4.00. The van der Waals surface area contributed by atoms with Crippen LogP contribution in [-0.2, 0) is 0 Å². The van der Waals surface area contributed by atoms with E-state index in [0.29, 0.717) is 0 Å². The second kappa shape index (κ2) is 9.80. The van der Waals surface area contributed by atoms with Crippen molar-refractivity contribution >= 4 is 30.1 Å². The van der Waals surface area contributed by atoms with Crippen LogP contribution in [0.4, 0.5) is 55.3 Å². The molecule has 4 rings (SSSR count). The summed E-state index contributed by atoms with van der Waals surface area (Å²) in [5.74, 6) is -23.4. The average Bonchev–Trinajstić information content (AvgIpc) is 2.93. The molecule has 192 valence electrons. The zero-order chi connectivity index (χ0) is 27.1. The number of halogens is 10. The van der Waals surface area contributed by atoms with E-state index in [4.69, 9.17) is 0 Å². The predicted octanol–water partition coefficient (Wildman–Crippen LogP) is 5.86. The van der Waals surface area contributed by atoms with Crippen LogP contribution in [0.1, 0.15) is 0 Å². The summed E-state index contributed by atoms with van der Waals surface area (Å²) in [4.78, 5) is 4.37. The molecule has 0 fully saturated rings. The molecule has 37 heavy (non-hydrogen) atoms. The minimum Gasteiger partial charge on any atom is -0.382 e. The zero-order valence-corrected chi connectivity index (χ0v) is 19.1. The molecule has 0 bridgehead atoms. The normalized spacial score (nSPS) is 11.5. The molecule has 0 saturated heterocycles. The van der Waals surface area contributed by atoms with Gasteiger partial charge < -0.3 is 9.96 Å². The first-order chi connectivity index (χ1) is 17.5. The molecular formula is C24H12F10N2Si. The van der Waals surface area contributed by atoms with Crippen LogP contribution in [0, 0.1) is 58.2 Å². The van der Waals surface area contributed by atoms with Crippen LogP contribution in [-0.4, -0.2) is 8.40 Å². The largest absolute Gasteiger partial charge is 0.382 e. The molecule has 0 aliphatic carbocycles. The quantitative estimate of drug-likeness (QED) is 0.137. The van der Waals surface area contributed by atoms with Gasteiger partial charge in [0.15, 0.2) is 46.5 Å². The van der Waals surface area contributed by atoms with Crippen molar-refractivity contribution in [2.24, 2.45) is 0 Å². The molecule has 4 aromatic carbocycles. The summed E-state index contributed by atoms with van der Waals surface area (Å²) < 4.78 is 142. The number of hydrogen-bond donors (Lipinski definition) is 2. The number of rotatable bonds is 6. The third-order valence-corrected chi connectivity index (χ3v) is 9.11. The molecule has 0 saturated carbocycles. The first-order valence-electron chi connectivity index (χ1n) is 10.2. The van der Waals surface area contributed by atoms with E-state index in [1.807, 2.05) is 0 Å². The lowest BCUT2D eigenvalue weighted by atomic mass is 10.2. The lowest BCUT2D eigenvalue weighted by molar-refractivity contribution is 0.381. The average molecular weight is 546 g/mol. The Morgan fingerprint density at radius 2 is 0.595 bits per heavy atom. The lowest BCUT2D eigenvalue weighted by Gasteiger charge is -2.35. The topological polar surface area (TPSA) is 24.1 Å². The van der Waals surface area contributed by atoms with Gasteiger partial charge in [0, 0.05) is 0 Å². The Balaban J connectivity index is 2.09. The fourth-order valence-electron chi connectivity index (χ4n) is 3.67. The Morgan fingerprint density at radius 3 is 0.865 bits per heavy atom. The third kappa shape index (κ3) is 4.28. The van der Waals surface area contributed by atoms with Gasteiger partial charge in [-0.3, -0.25) is 0 Å². The Labute approximate surface area is 203 Å². The summed E-state index contributed by atoms with van der Waals surface area (Å²) in [5, 5.41) is -0.0665. The first kappa shape index (κ1) is 26.1. The van der Waals surface area contributed by atoms with Crippen LogP contribution in [0.5, 0.6) is 0 Å². The van der Waals surface area contributed by atoms with Crippen molar-refractivity contribution in [3.63, 3.8) is 0 Å². The molecular weight excluding hydrogens is 534 g/mol. The number of anilines is 2. The maximum absolute atomic E-state index is 14.7. The zero-order valence-electron chi connectivity index (χ0n) is 18.1. The summed E-state index contributed by atoms with van der Waals surface area (Å²) in [6.45, 7) is 0. The molecule has 0 atom stereocenters. The van der Waals surface area contributed by atoms with E-state index in [9.17, 15) is 43.9 Å². The highest BCUT2D eigenvalue weighted by Gasteiger charge is 2.44. The molecule has 0 unspecified atom stereocenters. The molecule has 13 heteroatoms. The van der Waals surface area contributed by atoms with Crippen LogP contribution in [0.25, 0.3) is 0 Å². The van der Waals surface area contributed by atoms with Crippen molar-refractivity contribution in [2.45, 2.75) is 0 Å². The highest BCUT2D eigenvalue weighted by molar-refractivity contribution is 7.06. The Morgan fingerprint density at radius 1 is 0.351 bits per heavy atom. The molecule has 0 spiro atoms. The molecule has 0 radical (unpaired) electrons. The van der Waals surface area contributed by atoms with Gasteiger partial charge in [0.2, 0.25) is 11.6 Å². The van der Waals surface area contributed by atoms with Gasteiger partial charge >= 0.3 is 8.40 Å². The lowest BCUT2D eigenvalue weighted by Crippen LogP contribution is -2.71. The van der Waals surface area contributed by atoms with Crippen molar-refractivity contribution < 1.29 is 43.9 Å². The highest BCUT2D eigenvalue weighted by Crippen LogP contribution is 2.32. The van der Waals surface area contributed by atoms with Crippen LogP contribution in [0.2, 0.25) is 0 Å². The second-order valence-electron chi connectivity index (χ2n) is 7.62. The van der Waals surface area contributed by atoms with E-state index in [2.05, 4.69) is 9.96 Å². The molecule has 0 aromatic heterocycles. The van der Waals surface area contributed by atoms with Gasteiger partial charge in [-0.1, -0.05) is 60.7 Å². The molecule has 0 heterocycles. The predicted molar refractivity (Wildman–Crippen MR) is 118 cm³/mol. The van der Waals surface area contributed by atoms with Crippen LogP contribution in [0.3, 0.4) is 0 Å². The van der Waals surface area contributed by atoms with E-state index in [1.165, 1.54) is 60.7 Å². The van der Waals surface area contributed by atoms with Gasteiger partial charge in [0.25, 0.3) is 0 Å². The van der Waals surface area contributed by atoms with E-state index in [0.717, 1.165) is 0 Å². The maximum Gasteiger partial charge on any atom is 0.326 e. The van der Waals surface area contributed by atoms with Crippen molar-refractivity contribution in [3.05, 3.63) is 119 Å². The minimum atomic E-state index is -4.65. The molecule has 0 amide bonds. The van der Waals surface area contributed by atoms with Crippen molar-refractivity contribution in [1.29, 1.82) is 0 Å². The van der Waals surface area contributed by atoms with Gasteiger partial charge in [-0.05, 0) is 10.4 Å². The van der Waals surface area contributed by atoms with Gasteiger partial charge in [0.1, 0.15) is 11.4 Å². The minimum absolute atomic E-state index is 0.0333. The van der Waals surface area contributed by atoms with Gasteiger partial charge in [-0.2, -0.15) is 0 Å². The summed E-state index contributed by atoms with van der Waals surface area (Å²) in [6, 6.07) is 13.6. The van der Waals surface area contributed by atoms with Crippen LogP contribution in [0.15, 0.2) is 60.7 Å². The van der Waals surface area contributed by atoms with E-state index < -0.39 is 77.9 Å². The van der Waals surface area contributed by atoms with Crippen molar-refractivity contribution in [2.75, 3.05) is 9.96 Å². The maximum atomic E-state index is 14.7. The van der Waals surface area contributed by atoms with Gasteiger partial charge in [0.05, 0.1) is 0 Å². The first-order valence-corrected chi connectivity index (χ1v) is 12.2. The van der Waals surface area contributed by atoms with Crippen molar-refractivity contribution in [1.82, 2.24) is 0 Å². The Bertz CT molecular complexity index is 1310. The number of hydrogen-bond acceptors (Lipinski definition) is 2. The monoisotopic (exact) mass is 546 g/mol. The molecule has 0 aliphatic rings. The molecule has 0 aliphatic heterocycles. The fourth-order valence-corrected chi connectivity index (χ4v) is 7.21. The van der Waals surface area contributed by atoms with Crippen LogP contribution >= 0.6 is 0 Å². The molecule has 2 N–H and O–H groups in total. The highest BCUT2D eigenvalue weighted by atomic mass is 28.3. The standard InChI is InChI=1S/C24H12F10N2Si/c25-13-15(27)19(31)23(20(32)16(13)28)35-37(11-7-3-1-4-8-11,12-9-5-2-6-10-12)36-24-21(33)17(29)14(26)18(30)22(24)34/h1-10,35-36H. The van der Waals surface area contributed by atoms with E-state index >= 15 is 0 Å². The Kier molecular flexibility index (Phi) is 6.91. The van der Waals surface area contributed by atoms with Gasteiger partial charge in [-0.15, -0.1) is 0 Å². The van der Waals surface area contributed by atoms with E-state index in [1.54, 1.807) is 0 Å². The number of benzene rings is 4. The fraction of sp³-hybridized carbons (Fsp3) is 0. The third-order valence-electron chi connectivity index (χ3n) is 5.46. The summed E-state index contributed by atoms with van der Waals surface area (Å²) in [6.07, 6.45) is 0. The smallest absolute Gasteiger partial charge is 0.326 e.